The van der Waals surface area contributed by atoms with E-state index in [1.54, 1.807) is 0 Å². The summed E-state index contributed by atoms with van der Waals surface area (Å²) < 4.78 is 0.586. The highest BCUT2D eigenvalue weighted by Crippen LogP contribution is 2.25. The van der Waals surface area contributed by atoms with Crippen LogP contribution in [0.1, 0.15) is 5.69 Å². The third-order valence-electron chi connectivity index (χ3n) is 0.993. The first-order valence-electron chi connectivity index (χ1n) is 2.57. The van der Waals surface area contributed by atoms with Crippen LogP contribution in [0.5, 0.6) is 0 Å². The lowest BCUT2D eigenvalue weighted by Crippen LogP contribution is -1.85. The van der Waals surface area contributed by atoms with Crippen LogP contribution in [0.15, 0.2) is 10.5 Å². The fourth-order valence-electron chi connectivity index (χ4n) is 0.523. The maximum atomic E-state index is 8.46. The predicted octanol–water partition coefficient (Wildman–Crippen LogP) is 3.02. The van der Waals surface area contributed by atoms with Crippen LogP contribution in [0, 0.1) is 11.3 Å². The minimum atomic E-state index is 0.139. The second-order valence-corrected chi connectivity index (χ2v) is 3.32. The summed E-state index contributed by atoms with van der Waals surface area (Å²) in [6, 6.07) is 3.35. The Bertz CT molecular complexity index is 332. The molecule has 0 bridgehead atoms. The molecule has 0 saturated heterocycles. The van der Waals surface area contributed by atoms with Gasteiger partial charge >= 0.3 is 0 Å². The summed E-state index contributed by atoms with van der Waals surface area (Å²) in [4.78, 5) is 3.72. The zero-order valence-corrected chi connectivity index (χ0v) is 8.20. The van der Waals surface area contributed by atoms with Crippen LogP contribution >= 0.6 is 39.1 Å². The number of hydrogen-bond acceptors (Lipinski definition) is 2. The highest BCUT2D eigenvalue weighted by molar-refractivity contribution is 9.10. The van der Waals surface area contributed by atoms with Gasteiger partial charge in [-0.25, -0.2) is 4.98 Å². The van der Waals surface area contributed by atoms with Crippen LogP contribution in [0.25, 0.3) is 0 Å². The summed E-state index contributed by atoms with van der Waals surface area (Å²) in [5.41, 5.74) is 0.139. The molecule has 5 heteroatoms. The Labute approximate surface area is 81.9 Å². The summed E-state index contributed by atoms with van der Waals surface area (Å²) in [5, 5.41) is 9.00. The van der Waals surface area contributed by atoms with Crippen LogP contribution in [-0.4, -0.2) is 4.98 Å². The lowest BCUT2D eigenvalue weighted by atomic mass is 10.4. The Morgan fingerprint density at radius 2 is 2.18 bits per heavy atom. The summed E-state index contributed by atoms with van der Waals surface area (Å²) in [6.45, 7) is 0. The number of aromatic nitrogens is 1. The van der Waals surface area contributed by atoms with E-state index in [9.17, 15) is 0 Å². The number of nitriles is 1. The molecule has 0 unspecified atom stereocenters. The Hall–Kier alpha value is -0.300. The maximum Gasteiger partial charge on any atom is 0.160 e. The molecule has 11 heavy (non-hydrogen) atoms. The molecule has 56 valence electrons. The first-order chi connectivity index (χ1) is 5.15. The molecule has 0 spiro atoms. The molecule has 0 radical (unpaired) electrons. The molecule has 0 atom stereocenters. The highest BCUT2D eigenvalue weighted by atomic mass is 79.9. The van der Waals surface area contributed by atoms with Gasteiger partial charge in [-0.3, -0.25) is 0 Å². The van der Waals surface area contributed by atoms with Crippen molar-refractivity contribution in [3.63, 3.8) is 0 Å². The number of hydrogen-bond donors (Lipinski definition) is 0. The van der Waals surface area contributed by atoms with E-state index in [4.69, 9.17) is 28.5 Å². The van der Waals surface area contributed by atoms with E-state index in [0.29, 0.717) is 9.50 Å². The van der Waals surface area contributed by atoms with Crippen molar-refractivity contribution in [1.29, 1.82) is 5.26 Å². The topological polar surface area (TPSA) is 36.7 Å². The van der Waals surface area contributed by atoms with Gasteiger partial charge in [-0.05, 0) is 22.0 Å². The fraction of sp³-hybridized carbons (Fsp3) is 0. The molecular formula is C6HBrCl2N2. The molecule has 0 aliphatic heterocycles. The van der Waals surface area contributed by atoms with Gasteiger partial charge in [0.2, 0.25) is 0 Å². The van der Waals surface area contributed by atoms with Crippen LogP contribution < -0.4 is 0 Å². The average molecular weight is 252 g/mol. The standard InChI is InChI=1S/C6HBrCl2N2/c7-3-1-4(8)5(2-10)11-6(3)9/h1H. The van der Waals surface area contributed by atoms with Crippen molar-refractivity contribution in [3.8, 4) is 6.07 Å². The predicted molar refractivity (Wildman–Crippen MR) is 46.7 cm³/mol. The minimum Gasteiger partial charge on any atom is -0.223 e. The van der Waals surface area contributed by atoms with Crippen LogP contribution in [-0.2, 0) is 0 Å². The molecule has 1 aromatic rings. The van der Waals surface area contributed by atoms with Gasteiger partial charge in [-0.15, -0.1) is 0 Å². The molecule has 0 aliphatic rings. The molecule has 1 heterocycles. The van der Waals surface area contributed by atoms with E-state index in [0.717, 1.165) is 0 Å². The number of nitrogens with zero attached hydrogens (tertiary/aromatic N) is 2. The van der Waals surface area contributed by atoms with Crippen LogP contribution in [0.2, 0.25) is 10.2 Å². The summed E-state index contributed by atoms with van der Waals surface area (Å²) >= 11 is 14.3. The molecule has 1 rings (SSSR count). The lowest BCUT2D eigenvalue weighted by molar-refractivity contribution is 1.25. The second kappa shape index (κ2) is 3.40. The van der Waals surface area contributed by atoms with E-state index in [1.165, 1.54) is 6.07 Å². The maximum absolute atomic E-state index is 8.46. The van der Waals surface area contributed by atoms with Crippen molar-refractivity contribution < 1.29 is 0 Å². The van der Waals surface area contributed by atoms with Crippen molar-refractivity contribution in [3.05, 3.63) is 26.4 Å². The largest absolute Gasteiger partial charge is 0.223 e. The van der Waals surface area contributed by atoms with E-state index in [-0.39, 0.29) is 10.8 Å². The Kier molecular flexibility index (Phi) is 2.72. The lowest BCUT2D eigenvalue weighted by Gasteiger charge is -1.96. The van der Waals surface area contributed by atoms with Crippen molar-refractivity contribution in [2.45, 2.75) is 0 Å². The van der Waals surface area contributed by atoms with Crippen molar-refractivity contribution in [2.75, 3.05) is 0 Å². The van der Waals surface area contributed by atoms with Gasteiger partial charge in [0.05, 0.1) is 9.50 Å². The molecular weight excluding hydrogens is 251 g/mol. The quantitative estimate of drug-likeness (QED) is 0.665. The minimum absolute atomic E-state index is 0.139. The average Bonchev–Trinajstić information content (AvgIpc) is 1.97. The summed E-state index contributed by atoms with van der Waals surface area (Å²) in [6.07, 6.45) is 0. The first kappa shape index (κ1) is 8.79. The molecule has 0 aliphatic carbocycles. The molecule has 1 aromatic heterocycles. The van der Waals surface area contributed by atoms with Crippen molar-refractivity contribution in [1.82, 2.24) is 4.98 Å². The first-order valence-corrected chi connectivity index (χ1v) is 4.11. The van der Waals surface area contributed by atoms with E-state index in [2.05, 4.69) is 20.9 Å². The number of pyridine rings is 1. The second-order valence-electron chi connectivity index (χ2n) is 1.70. The fourth-order valence-corrected chi connectivity index (χ4v) is 1.30. The van der Waals surface area contributed by atoms with Gasteiger partial charge in [-0.2, -0.15) is 5.26 Å². The van der Waals surface area contributed by atoms with Gasteiger partial charge in [0.25, 0.3) is 0 Å². The molecule has 2 nitrogen and oxygen atoms in total. The van der Waals surface area contributed by atoms with Gasteiger partial charge in [0.15, 0.2) is 5.69 Å². The van der Waals surface area contributed by atoms with Crippen molar-refractivity contribution >= 4 is 39.1 Å². The SMILES string of the molecule is N#Cc1nc(Cl)c(Br)cc1Cl. The van der Waals surface area contributed by atoms with Gasteiger partial charge in [0, 0.05) is 0 Å². The number of rotatable bonds is 0. The van der Waals surface area contributed by atoms with Gasteiger partial charge in [0.1, 0.15) is 11.2 Å². The van der Waals surface area contributed by atoms with E-state index >= 15 is 0 Å². The Morgan fingerprint density at radius 1 is 1.55 bits per heavy atom. The third-order valence-corrected chi connectivity index (χ3v) is 2.40. The van der Waals surface area contributed by atoms with Crippen LogP contribution in [0.4, 0.5) is 0 Å². The zero-order chi connectivity index (χ0) is 8.43. The monoisotopic (exact) mass is 250 g/mol. The van der Waals surface area contributed by atoms with Gasteiger partial charge in [-0.1, -0.05) is 23.2 Å². The molecule has 0 saturated carbocycles. The normalized spacial score (nSPS) is 9.27. The number of halogens is 3. The van der Waals surface area contributed by atoms with Crippen LogP contribution in [0.3, 0.4) is 0 Å². The van der Waals surface area contributed by atoms with E-state index < -0.39 is 0 Å². The smallest absolute Gasteiger partial charge is 0.160 e. The Morgan fingerprint density at radius 3 is 2.73 bits per heavy atom. The zero-order valence-electron chi connectivity index (χ0n) is 5.11. The third kappa shape index (κ3) is 1.84. The highest BCUT2D eigenvalue weighted by Gasteiger charge is 2.05. The molecule has 0 fully saturated rings. The summed E-state index contributed by atoms with van der Waals surface area (Å²) in [5.74, 6) is 0. The molecule has 0 amide bonds. The Balaban J connectivity index is 3.35. The van der Waals surface area contributed by atoms with E-state index in [1.807, 2.05) is 6.07 Å². The molecule has 0 N–H and O–H groups in total. The molecule has 0 aromatic carbocycles. The van der Waals surface area contributed by atoms with Gasteiger partial charge < -0.3 is 0 Å². The van der Waals surface area contributed by atoms with Crippen molar-refractivity contribution in [2.24, 2.45) is 0 Å². The summed E-state index contributed by atoms with van der Waals surface area (Å²) in [7, 11) is 0.